The van der Waals surface area contributed by atoms with E-state index in [0.717, 1.165) is 5.56 Å². The van der Waals surface area contributed by atoms with E-state index < -0.39 is 0 Å². The van der Waals surface area contributed by atoms with Crippen LogP contribution in [0.1, 0.15) is 10.5 Å². The summed E-state index contributed by atoms with van der Waals surface area (Å²) >= 11 is 0. The summed E-state index contributed by atoms with van der Waals surface area (Å²) in [7, 11) is 1.58. The number of anilines is 2. The van der Waals surface area contributed by atoms with Gasteiger partial charge in [-0.25, -0.2) is 9.97 Å². The van der Waals surface area contributed by atoms with Crippen molar-refractivity contribution in [1.82, 2.24) is 14.9 Å². The highest BCUT2D eigenvalue weighted by Crippen LogP contribution is 2.18. The van der Waals surface area contributed by atoms with Gasteiger partial charge in [0.25, 0.3) is 5.91 Å². The third-order valence-electron chi connectivity index (χ3n) is 2.92. The largest absolute Gasteiger partial charge is 0.399 e. The third-order valence-corrected chi connectivity index (χ3v) is 2.92. The van der Waals surface area contributed by atoms with Gasteiger partial charge in [-0.3, -0.25) is 4.79 Å². The van der Waals surface area contributed by atoms with E-state index in [1.54, 1.807) is 31.3 Å². The Morgan fingerprint density at radius 1 is 1.24 bits per heavy atom. The summed E-state index contributed by atoms with van der Waals surface area (Å²) in [4.78, 5) is 21.9. The second-order valence-electron chi connectivity index (χ2n) is 4.57. The number of aromatic nitrogens is 2. The predicted molar refractivity (Wildman–Crippen MR) is 80.3 cm³/mol. The Hall–Kier alpha value is -2.67. The van der Waals surface area contributed by atoms with Crippen molar-refractivity contribution in [1.29, 1.82) is 0 Å². The number of aliphatic hydroxyl groups is 1. The summed E-state index contributed by atoms with van der Waals surface area (Å²) in [5.41, 5.74) is 12.9. The van der Waals surface area contributed by atoms with Gasteiger partial charge >= 0.3 is 0 Å². The standard InChI is InChI=1S/C14H17N5O2/c1-19(6-7-20)14(21)11-8-12(16)18-13(17-11)9-2-4-10(15)5-3-9/h2-5,8,20H,6-7,15H2,1H3,(H2,16,17,18). The molecule has 5 N–H and O–H groups in total. The molecule has 110 valence electrons. The lowest BCUT2D eigenvalue weighted by molar-refractivity contribution is 0.0761. The average molecular weight is 287 g/mol. The van der Waals surface area contributed by atoms with E-state index >= 15 is 0 Å². The van der Waals surface area contributed by atoms with Crippen LogP contribution >= 0.6 is 0 Å². The third kappa shape index (κ3) is 3.46. The monoisotopic (exact) mass is 287 g/mol. The number of nitrogen functional groups attached to an aromatic ring is 2. The topological polar surface area (TPSA) is 118 Å². The van der Waals surface area contributed by atoms with E-state index in [-0.39, 0.29) is 30.6 Å². The Morgan fingerprint density at radius 2 is 1.90 bits per heavy atom. The smallest absolute Gasteiger partial charge is 0.272 e. The van der Waals surface area contributed by atoms with E-state index in [1.165, 1.54) is 11.0 Å². The molecule has 0 unspecified atom stereocenters. The number of likely N-dealkylation sites (N-methyl/N-ethyl adjacent to an activating group) is 1. The number of carbonyl (C=O) groups is 1. The maximum atomic E-state index is 12.2. The number of hydrogen-bond donors (Lipinski definition) is 3. The summed E-state index contributed by atoms with van der Waals surface area (Å²) in [5, 5.41) is 8.88. The van der Waals surface area contributed by atoms with Gasteiger partial charge in [0.2, 0.25) is 0 Å². The number of rotatable bonds is 4. The van der Waals surface area contributed by atoms with Crippen molar-refractivity contribution in [2.75, 3.05) is 31.7 Å². The van der Waals surface area contributed by atoms with Crippen LogP contribution in [0.2, 0.25) is 0 Å². The fraction of sp³-hybridized carbons (Fsp3) is 0.214. The van der Waals surface area contributed by atoms with Crippen LogP contribution in [0.25, 0.3) is 11.4 Å². The number of benzene rings is 1. The Balaban J connectivity index is 2.37. The van der Waals surface area contributed by atoms with Gasteiger partial charge in [-0.1, -0.05) is 0 Å². The molecular formula is C14H17N5O2. The molecule has 7 heteroatoms. The van der Waals surface area contributed by atoms with E-state index in [4.69, 9.17) is 16.6 Å². The second-order valence-corrected chi connectivity index (χ2v) is 4.57. The molecular weight excluding hydrogens is 270 g/mol. The Labute approximate surface area is 122 Å². The highest BCUT2D eigenvalue weighted by Gasteiger charge is 2.15. The lowest BCUT2D eigenvalue weighted by Gasteiger charge is -2.15. The molecule has 0 aliphatic rings. The molecule has 0 aliphatic carbocycles. The maximum absolute atomic E-state index is 12.2. The number of hydrogen-bond acceptors (Lipinski definition) is 6. The molecule has 0 spiro atoms. The molecule has 2 aromatic rings. The van der Waals surface area contributed by atoms with Crippen LogP contribution in [-0.4, -0.2) is 46.1 Å². The van der Waals surface area contributed by atoms with Crippen molar-refractivity contribution >= 4 is 17.4 Å². The number of carbonyl (C=O) groups excluding carboxylic acids is 1. The van der Waals surface area contributed by atoms with Crippen molar-refractivity contribution < 1.29 is 9.90 Å². The van der Waals surface area contributed by atoms with Crippen molar-refractivity contribution in [3.05, 3.63) is 36.0 Å². The minimum Gasteiger partial charge on any atom is -0.399 e. The van der Waals surface area contributed by atoms with Gasteiger partial charge in [-0.05, 0) is 24.3 Å². The Morgan fingerprint density at radius 3 is 2.52 bits per heavy atom. The fourth-order valence-corrected chi connectivity index (χ4v) is 1.78. The molecule has 1 amide bonds. The lowest BCUT2D eigenvalue weighted by atomic mass is 10.2. The molecule has 2 rings (SSSR count). The van der Waals surface area contributed by atoms with Crippen LogP contribution in [0.3, 0.4) is 0 Å². The van der Waals surface area contributed by atoms with E-state index in [2.05, 4.69) is 9.97 Å². The highest BCUT2D eigenvalue weighted by atomic mass is 16.3. The normalized spacial score (nSPS) is 10.4. The zero-order valence-electron chi connectivity index (χ0n) is 11.7. The van der Waals surface area contributed by atoms with Gasteiger partial charge < -0.3 is 21.5 Å². The van der Waals surface area contributed by atoms with Crippen LogP contribution in [0.5, 0.6) is 0 Å². The molecule has 7 nitrogen and oxygen atoms in total. The summed E-state index contributed by atoms with van der Waals surface area (Å²) in [6.07, 6.45) is 0. The number of nitrogens with two attached hydrogens (primary N) is 2. The molecule has 1 aromatic heterocycles. The van der Waals surface area contributed by atoms with E-state index in [0.29, 0.717) is 11.5 Å². The summed E-state index contributed by atoms with van der Waals surface area (Å²) in [5.74, 6) is 0.239. The van der Waals surface area contributed by atoms with Crippen molar-refractivity contribution in [3.8, 4) is 11.4 Å². The minimum atomic E-state index is -0.324. The molecule has 0 fully saturated rings. The number of aliphatic hydroxyl groups excluding tert-OH is 1. The minimum absolute atomic E-state index is 0.117. The quantitative estimate of drug-likeness (QED) is 0.699. The molecule has 0 atom stereocenters. The Bertz CT molecular complexity index is 642. The summed E-state index contributed by atoms with van der Waals surface area (Å²) < 4.78 is 0. The zero-order valence-corrected chi connectivity index (χ0v) is 11.7. The second kappa shape index (κ2) is 6.19. The van der Waals surface area contributed by atoms with Crippen LogP contribution in [-0.2, 0) is 0 Å². The van der Waals surface area contributed by atoms with E-state index in [1.807, 2.05) is 0 Å². The molecule has 0 radical (unpaired) electrons. The lowest BCUT2D eigenvalue weighted by Crippen LogP contribution is -2.30. The number of nitrogens with zero attached hydrogens (tertiary/aromatic N) is 3. The van der Waals surface area contributed by atoms with Gasteiger partial charge in [-0.15, -0.1) is 0 Å². The van der Waals surface area contributed by atoms with Crippen LogP contribution in [0.15, 0.2) is 30.3 Å². The van der Waals surface area contributed by atoms with Gasteiger partial charge in [0, 0.05) is 30.9 Å². The average Bonchev–Trinajstić information content (AvgIpc) is 2.46. The SMILES string of the molecule is CN(CCO)C(=O)c1cc(N)nc(-c2ccc(N)cc2)n1. The van der Waals surface area contributed by atoms with Crippen LogP contribution in [0, 0.1) is 0 Å². The number of amides is 1. The molecule has 1 heterocycles. The first-order chi connectivity index (χ1) is 10.0. The van der Waals surface area contributed by atoms with Gasteiger partial charge in [0.15, 0.2) is 5.82 Å². The van der Waals surface area contributed by atoms with Crippen LogP contribution in [0.4, 0.5) is 11.5 Å². The van der Waals surface area contributed by atoms with Crippen molar-refractivity contribution in [3.63, 3.8) is 0 Å². The summed E-state index contributed by atoms with van der Waals surface area (Å²) in [6, 6.07) is 8.38. The first-order valence-electron chi connectivity index (χ1n) is 6.38. The van der Waals surface area contributed by atoms with Gasteiger partial charge in [-0.2, -0.15) is 0 Å². The van der Waals surface area contributed by atoms with E-state index in [9.17, 15) is 4.79 Å². The molecule has 0 aliphatic heterocycles. The maximum Gasteiger partial charge on any atom is 0.272 e. The molecule has 1 aromatic carbocycles. The van der Waals surface area contributed by atoms with Crippen molar-refractivity contribution in [2.24, 2.45) is 0 Å². The molecule has 0 saturated carbocycles. The van der Waals surface area contributed by atoms with Gasteiger partial charge in [0.05, 0.1) is 6.61 Å². The van der Waals surface area contributed by atoms with Gasteiger partial charge in [0.1, 0.15) is 11.5 Å². The predicted octanol–water partition coefficient (Wildman–Crippen LogP) is 0.372. The highest BCUT2D eigenvalue weighted by molar-refractivity contribution is 5.93. The zero-order chi connectivity index (χ0) is 15.4. The first kappa shape index (κ1) is 14.7. The first-order valence-corrected chi connectivity index (χ1v) is 6.38. The summed E-state index contributed by atoms with van der Waals surface area (Å²) in [6.45, 7) is 0.105. The fourth-order valence-electron chi connectivity index (χ4n) is 1.78. The van der Waals surface area contributed by atoms with Crippen molar-refractivity contribution in [2.45, 2.75) is 0 Å². The van der Waals surface area contributed by atoms with Crippen LogP contribution < -0.4 is 11.5 Å². The Kier molecular flexibility index (Phi) is 4.34. The molecule has 21 heavy (non-hydrogen) atoms. The molecule has 0 saturated heterocycles. The molecule has 0 bridgehead atoms.